The van der Waals surface area contributed by atoms with Crippen LogP contribution in [0.2, 0.25) is 0 Å². The number of ether oxygens (including phenoxy) is 3. The van der Waals surface area contributed by atoms with E-state index in [4.69, 9.17) is 18.6 Å². The number of rotatable bonds is 10. The topological polar surface area (TPSA) is 82.8 Å². The van der Waals surface area contributed by atoms with Crippen LogP contribution in [0.5, 0.6) is 17.2 Å². The third-order valence-electron chi connectivity index (χ3n) is 4.87. The highest BCUT2D eigenvalue weighted by molar-refractivity contribution is 5.91. The SMILES string of the molecule is C=CCC(NC(=O)c1ccc(Cc2c(OC)cc(OC)cc2OC)o1)c1ccncc1. The van der Waals surface area contributed by atoms with Gasteiger partial charge in [-0.3, -0.25) is 9.78 Å². The highest BCUT2D eigenvalue weighted by atomic mass is 16.5. The van der Waals surface area contributed by atoms with E-state index in [-0.39, 0.29) is 17.7 Å². The van der Waals surface area contributed by atoms with E-state index in [1.54, 1.807) is 64.1 Å². The first-order valence-electron chi connectivity index (χ1n) is 9.78. The summed E-state index contributed by atoms with van der Waals surface area (Å²) >= 11 is 0. The Labute approximate surface area is 181 Å². The first-order chi connectivity index (χ1) is 15.1. The van der Waals surface area contributed by atoms with Gasteiger partial charge < -0.3 is 23.9 Å². The second-order valence-corrected chi connectivity index (χ2v) is 6.78. The van der Waals surface area contributed by atoms with Crippen LogP contribution < -0.4 is 19.5 Å². The van der Waals surface area contributed by atoms with Crippen LogP contribution in [-0.2, 0) is 6.42 Å². The summed E-state index contributed by atoms with van der Waals surface area (Å²) in [6.07, 6.45) is 6.13. The van der Waals surface area contributed by atoms with Crippen molar-refractivity contribution in [1.82, 2.24) is 10.3 Å². The van der Waals surface area contributed by atoms with Crippen molar-refractivity contribution in [2.45, 2.75) is 18.9 Å². The van der Waals surface area contributed by atoms with Crippen LogP contribution in [0.4, 0.5) is 0 Å². The maximum atomic E-state index is 12.8. The van der Waals surface area contributed by atoms with Crippen LogP contribution in [-0.4, -0.2) is 32.2 Å². The minimum atomic E-state index is -0.302. The number of nitrogens with one attached hydrogen (secondary N) is 1. The van der Waals surface area contributed by atoms with Gasteiger partial charge >= 0.3 is 0 Å². The Morgan fingerprint density at radius 2 is 1.77 bits per heavy atom. The molecule has 0 saturated carbocycles. The van der Waals surface area contributed by atoms with Crippen LogP contribution in [0.1, 0.15) is 39.9 Å². The number of aromatic nitrogens is 1. The molecule has 1 amide bonds. The van der Waals surface area contributed by atoms with Gasteiger partial charge in [0, 0.05) is 36.5 Å². The van der Waals surface area contributed by atoms with Crippen molar-refractivity contribution in [2.24, 2.45) is 0 Å². The maximum Gasteiger partial charge on any atom is 0.287 e. The summed E-state index contributed by atoms with van der Waals surface area (Å²) in [7, 11) is 4.74. The number of hydrogen-bond acceptors (Lipinski definition) is 6. The van der Waals surface area contributed by atoms with Crippen molar-refractivity contribution in [1.29, 1.82) is 0 Å². The van der Waals surface area contributed by atoms with Gasteiger partial charge in [0.1, 0.15) is 23.0 Å². The van der Waals surface area contributed by atoms with E-state index in [0.717, 1.165) is 11.1 Å². The molecule has 0 bridgehead atoms. The van der Waals surface area contributed by atoms with E-state index in [0.29, 0.717) is 35.9 Å². The summed E-state index contributed by atoms with van der Waals surface area (Å²) in [5, 5.41) is 2.99. The molecular formula is C24H26N2O5. The molecule has 1 aromatic carbocycles. The van der Waals surface area contributed by atoms with Crippen molar-refractivity contribution < 1.29 is 23.4 Å². The van der Waals surface area contributed by atoms with Gasteiger partial charge in [-0.15, -0.1) is 6.58 Å². The fraction of sp³-hybridized carbons (Fsp3) is 0.250. The fourth-order valence-corrected chi connectivity index (χ4v) is 3.29. The minimum Gasteiger partial charge on any atom is -0.496 e. The zero-order chi connectivity index (χ0) is 22.2. The average molecular weight is 422 g/mol. The summed E-state index contributed by atoms with van der Waals surface area (Å²) in [5.41, 5.74) is 1.75. The Bertz CT molecular complexity index is 1000. The van der Waals surface area contributed by atoms with Crippen molar-refractivity contribution in [3.05, 3.63) is 84.1 Å². The number of pyridine rings is 1. The Kier molecular flexibility index (Phi) is 7.32. The summed E-state index contributed by atoms with van der Waals surface area (Å²) < 4.78 is 22.1. The van der Waals surface area contributed by atoms with E-state index in [2.05, 4.69) is 16.9 Å². The lowest BCUT2D eigenvalue weighted by Gasteiger charge is -2.16. The minimum absolute atomic E-state index is 0.219. The number of methoxy groups -OCH3 is 3. The van der Waals surface area contributed by atoms with Crippen LogP contribution in [0.15, 0.2) is 65.9 Å². The van der Waals surface area contributed by atoms with Gasteiger partial charge in [-0.2, -0.15) is 0 Å². The Balaban J connectivity index is 1.78. The van der Waals surface area contributed by atoms with Crippen LogP contribution >= 0.6 is 0 Å². The molecule has 31 heavy (non-hydrogen) atoms. The monoisotopic (exact) mass is 422 g/mol. The standard InChI is InChI=1S/C24H26N2O5/c1-5-6-20(16-9-11-25-12-10-16)26-24(27)21-8-7-17(31-21)13-19-22(29-3)14-18(28-2)15-23(19)30-4/h5,7-12,14-15,20H,1,6,13H2,2-4H3,(H,26,27). The second-order valence-electron chi connectivity index (χ2n) is 6.78. The summed E-state index contributed by atoms with van der Waals surface area (Å²) in [4.78, 5) is 16.8. The molecule has 0 saturated heterocycles. The summed E-state index contributed by atoms with van der Waals surface area (Å²) in [6.45, 7) is 3.78. The lowest BCUT2D eigenvalue weighted by Crippen LogP contribution is -2.28. The fourth-order valence-electron chi connectivity index (χ4n) is 3.29. The predicted molar refractivity (Wildman–Crippen MR) is 117 cm³/mol. The van der Waals surface area contributed by atoms with E-state index in [1.165, 1.54) is 0 Å². The van der Waals surface area contributed by atoms with E-state index in [9.17, 15) is 4.79 Å². The smallest absolute Gasteiger partial charge is 0.287 e. The molecule has 0 aliphatic carbocycles. The molecule has 2 heterocycles. The number of amides is 1. The van der Waals surface area contributed by atoms with Gasteiger partial charge in [0.05, 0.1) is 27.4 Å². The highest BCUT2D eigenvalue weighted by Crippen LogP contribution is 2.35. The Hall–Kier alpha value is -3.74. The Morgan fingerprint density at radius 1 is 1.10 bits per heavy atom. The van der Waals surface area contributed by atoms with Crippen LogP contribution in [0.3, 0.4) is 0 Å². The number of hydrogen-bond donors (Lipinski definition) is 1. The lowest BCUT2D eigenvalue weighted by atomic mass is 10.1. The molecule has 0 spiro atoms. The second kappa shape index (κ2) is 10.3. The number of benzene rings is 1. The third-order valence-corrected chi connectivity index (χ3v) is 4.87. The average Bonchev–Trinajstić information content (AvgIpc) is 3.28. The zero-order valence-corrected chi connectivity index (χ0v) is 17.9. The zero-order valence-electron chi connectivity index (χ0n) is 17.9. The van der Waals surface area contributed by atoms with Crippen molar-refractivity contribution in [2.75, 3.05) is 21.3 Å². The molecule has 0 fully saturated rings. The van der Waals surface area contributed by atoms with Gasteiger partial charge in [0.2, 0.25) is 0 Å². The van der Waals surface area contributed by atoms with E-state index in [1.807, 2.05) is 12.1 Å². The molecule has 1 atom stereocenters. The molecule has 0 radical (unpaired) electrons. The molecular weight excluding hydrogens is 396 g/mol. The third kappa shape index (κ3) is 5.25. The van der Waals surface area contributed by atoms with Gasteiger partial charge in [0.15, 0.2) is 5.76 Å². The molecule has 2 aromatic heterocycles. The maximum absolute atomic E-state index is 12.8. The van der Waals surface area contributed by atoms with E-state index < -0.39 is 0 Å². The van der Waals surface area contributed by atoms with Crippen molar-refractivity contribution in [3.8, 4) is 17.2 Å². The van der Waals surface area contributed by atoms with Gasteiger partial charge in [-0.25, -0.2) is 0 Å². The lowest BCUT2D eigenvalue weighted by molar-refractivity contribution is 0.0907. The first-order valence-corrected chi connectivity index (χ1v) is 9.78. The molecule has 7 heteroatoms. The number of nitrogens with zero attached hydrogens (tertiary/aromatic N) is 1. The number of furan rings is 1. The van der Waals surface area contributed by atoms with Crippen molar-refractivity contribution in [3.63, 3.8) is 0 Å². The van der Waals surface area contributed by atoms with E-state index >= 15 is 0 Å². The van der Waals surface area contributed by atoms with Crippen LogP contribution in [0.25, 0.3) is 0 Å². The van der Waals surface area contributed by atoms with Gasteiger partial charge in [-0.05, 0) is 36.2 Å². The largest absolute Gasteiger partial charge is 0.496 e. The number of carbonyl (C=O) groups is 1. The molecule has 162 valence electrons. The van der Waals surface area contributed by atoms with Gasteiger partial charge in [-0.1, -0.05) is 6.08 Å². The summed E-state index contributed by atoms with van der Waals surface area (Å²) in [5.74, 6) is 2.38. The van der Waals surface area contributed by atoms with Crippen molar-refractivity contribution >= 4 is 5.91 Å². The highest BCUT2D eigenvalue weighted by Gasteiger charge is 2.19. The molecule has 1 unspecified atom stereocenters. The molecule has 1 N–H and O–H groups in total. The van der Waals surface area contributed by atoms with Crippen LogP contribution in [0, 0.1) is 0 Å². The van der Waals surface area contributed by atoms with Gasteiger partial charge in [0.25, 0.3) is 5.91 Å². The molecule has 3 rings (SSSR count). The molecule has 7 nitrogen and oxygen atoms in total. The predicted octanol–water partition coefficient (Wildman–Crippen LogP) is 4.34. The number of carbonyl (C=O) groups excluding carboxylic acids is 1. The molecule has 3 aromatic rings. The first kappa shape index (κ1) is 22.0. The molecule has 0 aliphatic heterocycles. The normalized spacial score (nSPS) is 11.5. The Morgan fingerprint density at radius 3 is 2.35 bits per heavy atom. The summed E-state index contributed by atoms with van der Waals surface area (Å²) in [6, 6.07) is 10.5. The molecule has 0 aliphatic rings. The quantitative estimate of drug-likeness (QED) is 0.490.